The molecule has 3 rings (SSSR count). The van der Waals surface area contributed by atoms with Crippen LogP contribution in [-0.4, -0.2) is 14.3 Å². The molecule has 1 atom stereocenters. The summed E-state index contributed by atoms with van der Waals surface area (Å²) in [4.78, 5) is 12.4. The maximum Gasteiger partial charge on any atom is 0.261 e. The van der Waals surface area contributed by atoms with Crippen molar-refractivity contribution in [3.05, 3.63) is 94.5 Å². The predicted octanol–water partition coefficient (Wildman–Crippen LogP) is 4.91. The van der Waals surface area contributed by atoms with Crippen LogP contribution >= 0.6 is 11.6 Å². The molecule has 3 aromatic rings. The fourth-order valence-corrected chi connectivity index (χ4v) is 4.13. The summed E-state index contributed by atoms with van der Waals surface area (Å²) in [7, 11) is -4.00. The second-order valence-electron chi connectivity index (χ2n) is 6.47. The largest absolute Gasteiger partial charge is 0.345 e. The van der Waals surface area contributed by atoms with Gasteiger partial charge in [0.2, 0.25) is 0 Å². The predicted molar refractivity (Wildman–Crippen MR) is 111 cm³/mol. The van der Waals surface area contributed by atoms with Crippen molar-refractivity contribution in [2.75, 3.05) is 4.72 Å². The van der Waals surface area contributed by atoms with E-state index in [0.29, 0.717) is 0 Å². The highest BCUT2D eigenvalue weighted by molar-refractivity contribution is 7.92. The summed E-state index contributed by atoms with van der Waals surface area (Å²) in [5.74, 6) is -2.12. The second-order valence-corrected chi connectivity index (χ2v) is 8.56. The summed E-state index contributed by atoms with van der Waals surface area (Å²) in [5, 5.41) is 2.80. The van der Waals surface area contributed by atoms with Gasteiger partial charge < -0.3 is 5.32 Å². The zero-order chi connectivity index (χ0) is 21.9. The van der Waals surface area contributed by atoms with Gasteiger partial charge in [0.05, 0.1) is 21.6 Å². The minimum Gasteiger partial charge on any atom is -0.345 e. The molecule has 156 valence electrons. The molecule has 30 heavy (non-hydrogen) atoms. The fraction of sp³-hybridized carbons (Fsp3) is 0.0952. The summed E-state index contributed by atoms with van der Waals surface area (Å²) in [6, 6.07) is 14.0. The van der Waals surface area contributed by atoms with Gasteiger partial charge >= 0.3 is 0 Å². The van der Waals surface area contributed by atoms with Crippen molar-refractivity contribution in [2.45, 2.75) is 17.9 Å². The molecule has 0 saturated carbocycles. The third kappa shape index (κ3) is 4.95. The molecule has 1 amide bonds. The molecule has 0 aliphatic rings. The number of benzene rings is 3. The van der Waals surface area contributed by atoms with Crippen LogP contribution in [0.4, 0.5) is 14.5 Å². The molecule has 0 aliphatic heterocycles. The number of amides is 1. The smallest absolute Gasteiger partial charge is 0.261 e. The van der Waals surface area contributed by atoms with Crippen molar-refractivity contribution in [1.82, 2.24) is 5.32 Å². The summed E-state index contributed by atoms with van der Waals surface area (Å²) in [5.41, 5.74) is 0.370. The maximum atomic E-state index is 13.9. The van der Waals surface area contributed by atoms with E-state index in [9.17, 15) is 22.0 Å². The van der Waals surface area contributed by atoms with E-state index in [-0.39, 0.29) is 26.7 Å². The molecule has 0 aromatic heterocycles. The first kappa shape index (κ1) is 21.7. The number of halogens is 3. The molecular formula is C21H17ClF2N2O3S. The van der Waals surface area contributed by atoms with E-state index >= 15 is 0 Å². The Labute approximate surface area is 177 Å². The molecule has 1 unspecified atom stereocenters. The van der Waals surface area contributed by atoms with Crippen LogP contribution in [0.1, 0.15) is 28.9 Å². The van der Waals surface area contributed by atoms with E-state index in [1.54, 1.807) is 18.2 Å². The lowest BCUT2D eigenvalue weighted by Gasteiger charge is -2.16. The highest BCUT2D eigenvalue weighted by atomic mass is 35.5. The highest BCUT2D eigenvalue weighted by Gasteiger charge is 2.19. The molecular weight excluding hydrogens is 434 g/mol. The summed E-state index contributed by atoms with van der Waals surface area (Å²) in [6.07, 6.45) is 0. The minimum absolute atomic E-state index is 0.0615. The van der Waals surface area contributed by atoms with Gasteiger partial charge in [0, 0.05) is 17.2 Å². The van der Waals surface area contributed by atoms with E-state index in [1.807, 2.05) is 0 Å². The Kier molecular flexibility index (Phi) is 6.38. The number of anilines is 1. The van der Waals surface area contributed by atoms with Crippen molar-refractivity contribution < 1.29 is 22.0 Å². The number of carbonyl (C=O) groups is 1. The van der Waals surface area contributed by atoms with E-state index in [4.69, 9.17) is 11.6 Å². The third-order valence-electron chi connectivity index (χ3n) is 4.30. The van der Waals surface area contributed by atoms with Gasteiger partial charge in [0.15, 0.2) is 0 Å². The zero-order valence-electron chi connectivity index (χ0n) is 15.7. The summed E-state index contributed by atoms with van der Waals surface area (Å²) < 4.78 is 54.7. The van der Waals surface area contributed by atoms with Crippen molar-refractivity contribution >= 4 is 33.2 Å². The molecule has 0 radical (unpaired) electrons. The van der Waals surface area contributed by atoms with Crippen LogP contribution in [0.3, 0.4) is 0 Å². The molecule has 0 saturated heterocycles. The monoisotopic (exact) mass is 450 g/mol. The number of nitrogens with one attached hydrogen (secondary N) is 2. The number of carbonyl (C=O) groups excluding carboxylic acids is 1. The van der Waals surface area contributed by atoms with Crippen molar-refractivity contribution in [2.24, 2.45) is 0 Å². The molecule has 2 N–H and O–H groups in total. The quantitative estimate of drug-likeness (QED) is 0.560. The maximum absolute atomic E-state index is 13.9. The van der Waals surface area contributed by atoms with Gasteiger partial charge in [-0.15, -0.1) is 0 Å². The van der Waals surface area contributed by atoms with Gasteiger partial charge in [-0.05, 0) is 43.3 Å². The summed E-state index contributed by atoms with van der Waals surface area (Å²) >= 11 is 5.99. The van der Waals surface area contributed by atoms with Crippen LogP contribution in [0.15, 0.2) is 71.6 Å². The lowest BCUT2D eigenvalue weighted by molar-refractivity contribution is 0.0939. The standard InChI is InChI=1S/C21H17ClF2N2O3S/c1-13(17-10-9-15(23)12-19(17)24)25-21(27)14-5-4-6-16(11-14)30(28,29)26-20-8-3-2-7-18(20)22/h2-13,26H,1H3,(H,25,27). The highest BCUT2D eigenvalue weighted by Crippen LogP contribution is 2.24. The Hall–Kier alpha value is -2.97. The van der Waals surface area contributed by atoms with Crippen molar-refractivity contribution in [1.29, 1.82) is 0 Å². The lowest BCUT2D eigenvalue weighted by atomic mass is 10.1. The average Bonchev–Trinajstić information content (AvgIpc) is 2.69. The molecule has 5 nitrogen and oxygen atoms in total. The van der Waals surface area contributed by atoms with Crippen LogP contribution in [-0.2, 0) is 10.0 Å². The Morgan fingerprint density at radius 3 is 2.43 bits per heavy atom. The molecule has 0 spiro atoms. The van der Waals surface area contributed by atoms with Crippen LogP contribution in [0, 0.1) is 11.6 Å². The SMILES string of the molecule is CC(NC(=O)c1cccc(S(=O)(=O)Nc2ccccc2Cl)c1)c1ccc(F)cc1F. The molecule has 3 aromatic carbocycles. The van der Waals surface area contributed by atoms with Gasteiger partial charge in [-0.25, -0.2) is 17.2 Å². The first-order chi connectivity index (χ1) is 14.2. The number of rotatable bonds is 6. The van der Waals surface area contributed by atoms with Crippen LogP contribution < -0.4 is 10.0 Å². The topological polar surface area (TPSA) is 75.3 Å². The minimum atomic E-state index is -4.00. The van der Waals surface area contributed by atoms with Crippen molar-refractivity contribution in [3.63, 3.8) is 0 Å². The van der Waals surface area contributed by atoms with Gasteiger partial charge in [0.1, 0.15) is 11.6 Å². The lowest BCUT2D eigenvalue weighted by Crippen LogP contribution is -2.27. The van der Waals surface area contributed by atoms with E-state index in [1.165, 1.54) is 43.3 Å². The van der Waals surface area contributed by atoms with Crippen molar-refractivity contribution in [3.8, 4) is 0 Å². The number of hydrogen-bond acceptors (Lipinski definition) is 3. The molecule has 0 aliphatic carbocycles. The molecule has 9 heteroatoms. The molecule has 0 heterocycles. The Morgan fingerprint density at radius 1 is 1.00 bits per heavy atom. The van der Waals surface area contributed by atoms with E-state index < -0.39 is 33.6 Å². The number of sulfonamides is 1. The zero-order valence-corrected chi connectivity index (χ0v) is 17.3. The third-order valence-corrected chi connectivity index (χ3v) is 5.99. The first-order valence-electron chi connectivity index (χ1n) is 8.80. The molecule has 0 fully saturated rings. The van der Waals surface area contributed by atoms with Gasteiger partial charge in [-0.1, -0.05) is 35.9 Å². The Morgan fingerprint density at radius 2 is 1.73 bits per heavy atom. The Balaban J connectivity index is 1.80. The van der Waals surface area contributed by atoms with Crippen LogP contribution in [0.25, 0.3) is 0 Å². The van der Waals surface area contributed by atoms with Gasteiger partial charge in [0.25, 0.3) is 15.9 Å². The van der Waals surface area contributed by atoms with Crippen LogP contribution in [0.2, 0.25) is 5.02 Å². The summed E-state index contributed by atoms with van der Waals surface area (Å²) in [6.45, 7) is 1.54. The second kappa shape index (κ2) is 8.81. The van der Waals surface area contributed by atoms with Gasteiger partial charge in [-0.2, -0.15) is 0 Å². The van der Waals surface area contributed by atoms with Gasteiger partial charge in [-0.3, -0.25) is 9.52 Å². The number of hydrogen-bond donors (Lipinski definition) is 2. The number of para-hydroxylation sites is 1. The van der Waals surface area contributed by atoms with Crippen LogP contribution in [0.5, 0.6) is 0 Å². The normalized spacial score (nSPS) is 12.3. The average molecular weight is 451 g/mol. The Bertz CT molecular complexity index is 1200. The first-order valence-corrected chi connectivity index (χ1v) is 10.7. The molecule has 0 bridgehead atoms. The van der Waals surface area contributed by atoms with E-state index in [2.05, 4.69) is 10.0 Å². The van der Waals surface area contributed by atoms with E-state index in [0.717, 1.165) is 12.1 Å². The fourth-order valence-electron chi connectivity index (χ4n) is 2.76.